The molecule has 1 aromatic heterocycles. The van der Waals surface area contributed by atoms with E-state index in [9.17, 15) is 9.59 Å². The second-order valence-electron chi connectivity index (χ2n) is 9.63. The average Bonchev–Trinajstić information content (AvgIpc) is 2.71. The molecule has 7 heteroatoms. The van der Waals surface area contributed by atoms with E-state index in [1.807, 2.05) is 38.1 Å². The van der Waals surface area contributed by atoms with Crippen molar-refractivity contribution < 1.29 is 4.79 Å². The van der Waals surface area contributed by atoms with E-state index >= 15 is 0 Å². The summed E-state index contributed by atoms with van der Waals surface area (Å²) in [7, 11) is 4.20. The van der Waals surface area contributed by atoms with Crippen molar-refractivity contribution in [2.45, 2.75) is 45.2 Å². The minimum absolute atomic E-state index is 0.0171. The zero-order chi connectivity index (χ0) is 23.7. The summed E-state index contributed by atoms with van der Waals surface area (Å²) in [6.07, 6.45) is 2.26. The van der Waals surface area contributed by atoms with Crippen LogP contribution in [0, 0.1) is 5.92 Å². The van der Waals surface area contributed by atoms with Gasteiger partial charge in [0.15, 0.2) is 0 Å². The summed E-state index contributed by atoms with van der Waals surface area (Å²) in [6, 6.07) is 13.2. The molecular formula is C26H31ClN4O2. The van der Waals surface area contributed by atoms with Crippen molar-refractivity contribution in [1.82, 2.24) is 19.8 Å². The molecule has 3 aromatic rings. The summed E-state index contributed by atoms with van der Waals surface area (Å²) in [5, 5.41) is 3.96. The molecule has 0 bridgehead atoms. The molecule has 1 aliphatic carbocycles. The molecule has 0 aliphatic heterocycles. The molecule has 0 radical (unpaired) electrons. The molecule has 0 saturated heterocycles. The Labute approximate surface area is 199 Å². The van der Waals surface area contributed by atoms with Gasteiger partial charge in [-0.15, -0.1) is 0 Å². The van der Waals surface area contributed by atoms with E-state index in [2.05, 4.69) is 30.4 Å². The Morgan fingerprint density at radius 1 is 1.21 bits per heavy atom. The molecule has 1 saturated carbocycles. The van der Waals surface area contributed by atoms with Crippen molar-refractivity contribution in [3.63, 3.8) is 0 Å². The third-order valence-electron chi connectivity index (χ3n) is 6.14. The van der Waals surface area contributed by atoms with Crippen LogP contribution in [-0.2, 0) is 11.3 Å². The third kappa shape index (κ3) is 5.28. The molecule has 1 N–H and O–H groups in total. The smallest absolute Gasteiger partial charge is 0.262 e. The van der Waals surface area contributed by atoms with Crippen LogP contribution in [0.25, 0.3) is 22.3 Å². The van der Waals surface area contributed by atoms with Gasteiger partial charge in [-0.1, -0.05) is 29.8 Å². The predicted molar refractivity (Wildman–Crippen MR) is 134 cm³/mol. The number of aromatic nitrogens is 2. The van der Waals surface area contributed by atoms with Crippen LogP contribution in [0.5, 0.6) is 0 Å². The van der Waals surface area contributed by atoms with Crippen LogP contribution in [0.1, 0.15) is 38.2 Å². The molecule has 33 heavy (non-hydrogen) atoms. The SMILES string of the molecule is CC(C)NC(=O)Cn1c(-c2cccc(Cl)c2)nc2ccc([C@H]3C[C@@H](CN(C)C)C3)cc2c1=O. The topological polar surface area (TPSA) is 67.2 Å². The number of carbonyl (C=O) groups excluding carboxylic acids is 1. The lowest BCUT2D eigenvalue weighted by Gasteiger charge is -2.37. The highest BCUT2D eigenvalue weighted by Gasteiger charge is 2.31. The van der Waals surface area contributed by atoms with E-state index in [0.29, 0.717) is 39.1 Å². The van der Waals surface area contributed by atoms with Crippen molar-refractivity contribution in [2.24, 2.45) is 5.92 Å². The number of nitrogens with one attached hydrogen (secondary N) is 1. The number of halogens is 1. The molecule has 1 fully saturated rings. The van der Waals surface area contributed by atoms with Crippen molar-refractivity contribution in [2.75, 3.05) is 20.6 Å². The van der Waals surface area contributed by atoms with Gasteiger partial charge in [-0.25, -0.2) is 4.98 Å². The lowest BCUT2D eigenvalue weighted by molar-refractivity contribution is -0.122. The number of rotatable bonds is 7. The maximum atomic E-state index is 13.6. The fourth-order valence-corrected chi connectivity index (χ4v) is 4.86. The van der Waals surface area contributed by atoms with Gasteiger partial charge < -0.3 is 10.2 Å². The molecule has 6 nitrogen and oxygen atoms in total. The van der Waals surface area contributed by atoms with Crippen LogP contribution in [0.15, 0.2) is 47.3 Å². The highest BCUT2D eigenvalue weighted by molar-refractivity contribution is 6.30. The Bertz CT molecular complexity index is 1230. The molecule has 0 unspecified atom stereocenters. The quantitative estimate of drug-likeness (QED) is 0.563. The van der Waals surface area contributed by atoms with Gasteiger partial charge >= 0.3 is 0 Å². The first-order valence-corrected chi connectivity index (χ1v) is 11.8. The van der Waals surface area contributed by atoms with Crippen LogP contribution in [-0.4, -0.2) is 47.0 Å². The summed E-state index contributed by atoms with van der Waals surface area (Å²) in [5.74, 6) is 1.37. The molecule has 1 heterocycles. The number of benzene rings is 2. The van der Waals surface area contributed by atoms with Crippen LogP contribution < -0.4 is 10.9 Å². The Morgan fingerprint density at radius 3 is 2.64 bits per heavy atom. The lowest BCUT2D eigenvalue weighted by atomic mass is 9.71. The zero-order valence-electron chi connectivity index (χ0n) is 19.6. The first kappa shape index (κ1) is 23.5. The fraction of sp³-hybridized carbons (Fsp3) is 0.423. The van der Waals surface area contributed by atoms with E-state index < -0.39 is 0 Å². The van der Waals surface area contributed by atoms with Gasteiger partial charge in [0.05, 0.1) is 10.9 Å². The van der Waals surface area contributed by atoms with Crippen LogP contribution in [0.4, 0.5) is 0 Å². The van der Waals surface area contributed by atoms with Crippen LogP contribution >= 0.6 is 11.6 Å². The Morgan fingerprint density at radius 2 is 1.97 bits per heavy atom. The number of fused-ring (bicyclic) bond motifs is 1. The van der Waals surface area contributed by atoms with Crippen molar-refractivity contribution in [3.8, 4) is 11.4 Å². The van der Waals surface area contributed by atoms with Crippen molar-refractivity contribution in [3.05, 3.63) is 63.4 Å². The molecule has 4 rings (SSSR count). The molecule has 1 aliphatic rings. The van der Waals surface area contributed by atoms with E-state index in [1.54, 1.807) is 12.1 Å². The number of carbonyl (C=O) groups is 1. The summed E-state index contributed by atoms with van der Waals surface area (Å²) < 4.78 is 1.46. The molecule has 2 aromatic carbocycles. The Hall–Kier alpha value is -2.70. The fourth-order valence-electron chi connectivity index (χ4n) is 4.67. The summed E-state index contributed by atoms with van der Waals surface area (Å²) >= 11 is 6.20. The largest absolute Gasteiger partial charge is 0.352 e. The minimum atomic E-state index is -0.224. The van der Waals surface area contributed by atoms with Crippen LogP contribution in [0.2, 0.25) is 5.02 Å². The molecule has 1 amide bonds. The second-order valence-corrected chi connectivity index (χ2v) is 10.1. The number of amides is 1. The summed E-state index contributed by atoms with van der Waals surface area (Å²) in [4.78, 5) is 33.2. The van der Waals surface area contributed by atoms with Crippen molar-refractivity contribution in [1.29, 1.82) is 0 Å². The van der Waals surface area contributed by atoms with Crippen LogP contribution in [0.3, 0.4) is 0 Å². The van der Waals surface area contributed by atoms with E-state index in [1.165, 1.54) is 10.1 Å². The second kappa shape index (κ2) is 9.65. The third-order valence-corrected chi connectivity index (χ3v) is 6.38. The van der Waals surface area contributed by atoms with Gasteiger partial charge in [-0.3, -0.25) is 14.2 Å². The molecule has 0 spiro atoms. The van der Waals surface area contributed by atoms with Gasteiger partial charge in [0.1, 0.15) is 12.4 Å². The van der Waals surface area contributed by atoms with Gasteiger partial charge in [-0.2, -0.15) is 0 Å². The lowest BCUT2D eigenvalue weighted by Crippen LogP contribution is -2.37. The predicted octanol–water partition coefficient (Wildman–Crippen LogP) is 4.30. The zero-order valence-corrected chi connectivity index (χ0v) is 20.4. The van der Waals surface area contributed by atoms with E-state index in [0.717, 1.165) is 19.4 Å². The Kier molecular flexibility index (Phi) is 6.86. The monoisotopic (exact) mass is 466 g/mol. The molecule has 174 valence electrons. The number of hydrogen-bond donors (Lipinski definition) is 1. The molecular weight excluding hydrogens is 436 g/mol. The minimum Gasteiger partial charge on any atom is -0.352 e. The van der Waals surface area contributed by atoms with Crippen molar-refractivity contribution >= 4 is 28.4 Å². The van der Waals surface area contributed by atoms with E-state index in [-0.39, 0.29) is 24.1 Å². The number of hydrogen-bond acceptors (Lipinski definition) is 4. The molecule has 0 atom stereocenters. The van der Waals surface area contributed by atoms with E-state index in [4.69, 9.17) is 16.6 Å². The Balaban J connectivity index is 1.75. The van der Waals surface area contributed by atoms with Gasteiger partial charge in [0.25, 0.3) is 5.56 Å². The highest BCUT2D eigenvalue weighted by Crippen LogP contribution is 2.42. The van der Waals surface area contributed by atoms with Gasteiger partial charge in [-0.05, 0) is 82.4 Å². The maximum absolute atomic E-state index is 13.6. The standard InChI is InChI=1S/C26H31ClN4O2/c1-16(2)28-24(32)15-31-25(19-6-5-7-21(27)12-19)29-23-9-8-18(13-22(23)26(31)33)20-10-17(11-20)14-30(3)4/h5-9,12-13,16-17,20H,10-11,14-15H2,1-4H3,(H,28,32)/t17-,20+. The highest BCUT2D eigenvalue weighted by atomic mass is 35.5. The summed E-state index contributed by atoms with van der Waals surface area (Å²) in [5.41, 5.74) is 2.29. The first-order valence-electron chi connectivity index (χ1n) is 11.5. The average molecular weight is 467 g/mol. The summed E-state index contributed by atoms with van der Waals surface area (Å²) in [6.45, 7) is 4.78. The normalized spacial score (nSPS) is 18.0. The van der Waals surface area contributed by atoms with Gasteiger partial charge in [0, 0.05) is 23.2 Å². The van der Waals surface area contributed by atoms with Gasteiger partial charge in [0.2, 0.25) is 5.91 Å². The maximum Gasteiger partial charge on any atom is 0.262 e. The number of nitrogens with zero attached hydrogens (tertiary/aromatic N) is 3. The first-order chi connectivity index (χ1) is 15.7.